The molecule has 106 valence electrons. The molecule has 0 saturated heterocycles. The molecule has 0 aromatic heterocycles. The number of hydroxylamine groups is 1. The van der Waals surface area contributed by atoms with Gasteiger partial charge in [0.15, 0.2) is 6.04 Å². The molecule has 6 heteroatoms. The molecule has 1 amide bonds. The number of nitrogens with zero attached hydrogens (tertiary/aromatic N) is 1. The van der Waals surface area contributed by atoms with E-state index in [9.17, 15) is 9.18 Å². The van der Waals surface area contributed by atoms with Crippen LogP contribution < -0.4 is 5.48 Å². The maximum Gasteiger partial charge on any atom is 0.271 e. The Kier molecular flexibility index (Phi) is 4.14. The summed E-state index contributed by atoms with van der Waals surface area (Å²) in [6, 6.07) is 2.26. The Hall–Kier alpha value is -2.21. The molecule has 0 radical (unpaired) electrons. The lowest BCUT2D eigenvalue weighted by molar-refractivity contribution is -0.130. The first-order valence-corrected chi connectivity index (χ1v) is 6.11. The number of amides is 1. The van der Waals surface area contributed by atoms with E-state index in [1.165, 1.54) is 11.5 Å². The molecule has 0 saturated carbocycles. The molecular weight excluding hydrogens is 263 g/mol. The van der Waals surface area contributed by atoms with Crippen LogP contribution in [0.3, 0.4) is 0 Å². The molecule has 1 heterocycles. The summed E-state index contributed by atoms with van der Waals surface area (Å²) < 4.78 is 19.2. The van der Waals surface area contributed by atoms with Crippen LogP contribution in [0.1, 0.15) is 16.7 Å². The predicted molar refractivity (Wildman–Crippen MR) is 71.2 cm³/mol. The number of halogens is 1. The fraction of sp³-hybridized carbons (Fsp3) is 0.286. The summed E-state index contributed by atoms with van der Waals surface area (Å²) in [5.41, 5.74) is 3.33. The lowest BCUT2D eigenvalue weighted by Gasteiger charge is -2.08. The molecule has 1 aromatic rings. The minimum Gasteiger partial charge on any atom is -0.475 e. The fourth-order valence-corrected chi connectivity index (χ4v) is 1.97. The highest BCUT2D eigenvalue weighted by Crippen LogP contribution is 2.20. The molecule has 2 rings (SSSR count). The van der Waals surface area contributed by atoms with Gasteiger partial charge >= 0.3 is 0 Å². The number of aliphatic imine (C=N–C) groups is 1. The Bertz CT molecular complexity index is 584. The second-order valence-electron chi connectivity index (χ2n) is 4.47. The van der Waals surface area contributed by atoms with Gasteiger partial charge in [0, 0.05) is 5.56 Å². The van der Waals surface area contributed by atoms with Gasteiger partial charge < -0.3 is 4.74 Å². The van der Waals surface area contributed by atoms with Gasteiger partial charge in [-0.15, -0.1) is 6.58 Å². The van der Waals surface area contributed by atoms with Crippen molar-refractivity contribution >= 4 is 11.8 Å². The summed E-state index contributed by atoms with van der Waals surface area (Å²) in [5.74, 6) is -0.817. The van der Waals surface area contributed by atoms with E-state index in [0.717, 1.165) is 5.56 Å². The lowest BCUT2D eigenvalue weighted by atomic mass is 10.0. The smallest absolute Gasteiger partial charge is 0.271 e. The highest BCUT2D eigenvalue weighted by molar-refractivity contribution is 5.98. The van der Waals surface area contributed by atoms with Crippen LogP contribution in [0, 0.1) is 12.7 Å². The molecule has 1 aliphatic rings. The van der Waals surface area contributed by atoms with Crippen LogP contribution in [0.5, 0.6) is 0 Å². The van der Waals surface area contributed by atoms with E-state index in [-0.39, 0.29) is 18.3 Å². The summed E-state index contributed by atoms with van der Waals surface area (Å²) in [5, 5.41) is 8.55. The van der Waals surface area contributed by atoms with Crippen molar-refractivity contribution in [1.29, 1.82) is 0 Å². The van der Waals surface area contributed by atoms with Crippen molar-refractivity contribution in [2.45, 2.75) is 19.4 Å². The average Bonchev–Trinajstić information content (AvgIpc) is 2.92. The molecular formula is C14H15FN2O3. The highest BCUT2D eigenvalue weighted by Gasteiger charge is 2.26. The van der Waals surface area contributed by atoms with Gasteiger partial charge in [0.05, 0.1) is 0 Å². The summed E-state index contributed by atoms with van der Waals surface area (Å²) >= 11 is 0. The quantitative estimate of drug-likeness (QED) is 0.498. The first-order chi connectivity index (χ1) is 9.56. The van der Waals surface area contributed by atoms with Gasteiger partial charge in [-0.1, -0.05) is 6.08 Å². The molecule has 0 bridgehead atoms. The number of carbonyl (C=O) groups is 1. The van der Waals surface area contributed by atoms with E-state index in [1.807, 2.05) is 0 Å². The molecule has 1 unspecified atom stereocenters. The van der Waals surface area contributed by atoms with E-state index < -0.39 is 11.9 Å². The summed E-state index contributed by atoms with van der Waals surface area (Å²) in [7, 11) is 0. The van der Waals surface area contributed by atoms with Gasteiger partial charge in [-0.3, -0.25) is 10.0 Å². The number of carbonyl (C=O) groups excluding carboxylic acids is 1. The minimum atomic E-state index is -0.817. The Morgan fingerprint density at radius 3 is 3.10 bits per heavy atom. The summed E-state index contributed by atoms with van der Waals surface area (Å²) in [6.07, 6.45) is 2.22. The van der Waals surface area contributed by atoms with Gasteiger partial charge in [-0.2, -0.15) is 0 Å². The molecule has 0 fully saturated rings. The number of hydrogen-bond donors (Lipinski definition) is 2. The molecule has 0 spiro atoms. The van der Waals surface area contributed by atoms with Crippen LogP contribution in [-0.2, 0) is 16.0 Å². The average molecular weight is 278 g/mol. The monoisotopic (exact) mass is 278 g/mol. The second kappa shape index (κ2) is 5.83. The zero-order valence-electron chi connectivity index (χ0n) is 11.0. The summed E-state index contributed by atoms with van der Waals surface area (Å²) in [4.78, 5) is 15.3. The third-order valence-electron chi connectivity index (χ3n) is 3.13. The standard InChI is InChI=1S/C14H15FN2O3/c1-3-4-9-5-10(6-11(15)8(9)2)14-16-12(7-20-14)13(18)17-19/h3,5-6,12,19H,1,4,7H2,2H3,(H,17,18). The van der Waals surface area contributed by atoms with Gasteiger partial charge in [0.2, 0.25) is 5.90 Å². The number of benzene rings is 1. The first-order valence-electron chi connectivity index (χ1n) is 6.11. The van der Waals surface area contributed by atoms with E-state index in [2.05, 4.69) is 11.6 Å². The molecule has 2 N–H and O–H groups in total. The van der Waals surface area contributed by atoms with Gasteiger partial charge in [0.1, 0.15) is 12.4 Å². The van der Waals surface area contributed by atoms with Crippen molar-refractivity contribution < 1.29 is 19.1 Å². The normalized spacial score (nSPS) is 17.4. The van der Waals surface area contributed by atoms with Crippen LogP contribution in [-0.4, -0.2) is 29.7 Å². The van der Waals surface area contributed by atoms with Gasteiger partial charge in [-0.05, 0) is 36.6 Å². The number of ether oxygens (including phenoxy) is 1. The molecule has 1 aromatic carbocycles. The third kappa shape index (κ3) is 2.70. The van der Waals surface area contributed by atoms with E-state index in [0.29, 0.717) is 17.5 Å². The summed E-state index contributed by atoms with van der Waals surface area (Å²) in [6.45, 7) is 5.35. The Morgan fingerprint density at radius 2 is 2.45 bits per heavy atom. The van der Waals surface area contributed by atoms with E-state index >= 15 is 0 Å². The molecule has 0 aliphatic carbocycles. The van der Waals surface area contributed by atoms with Crippen LogP contribution in [0.4, 0.5) is 4.39 Å². The Morgan fingerprint density at radius 1 is 1.70 bits per heavy atom. The number of hydrogen-bond acceptors (Lipinski definition) is 4. The fourth-order valence-electron chi connectivity index (χ4n) is 1.97. The second-order valence-corrected chi connectivity index (χ2v) is 4.47. The zero-order chi connectivity index (χ0) is 14.7. The number of rotatable bonds is 4. The first kappa shape index (κ1) is 14.2. The largest absolute Gasteiger partial charge is 0.475 e. The van der Waals surface area contributed by atoms with Gasteiger partial charge in [0.25, 0.3) is 5.91 Å². The van der Waals surface area contributed by atoms with Crippen molar-refractivity contribution in [3.63, 3.8) is 0 Å². The molecule has 1 atom stereocenters. The van der Waals surface area contributed by atoms with Crippen molar-refractivity contribution in [3.8, 4) is 0 Å². The highest BCUT2D eigenvalue weighted by atomic mass is 19.1. The van der Waals surface area contributed by atoms with Crippen molar-refractivity contribution in [3.05, 3.63) is 47.3 Å². The number of allylic oxidation sites excluding steroid dienone is 1. The predicted octanol–water partition coefficient (Wildman–Crippen LogP) is 1.51. The minimum absolute atomic E-state index is 0.0218. The Labute approximate surface area is 115 Å². The lowest BCUT2D eigenvalue weighted by Crippen LogP contribution is -2.31. The van der Waals surface area contributed by atoms with Crippen LogP contribution in [0.2, 0.25) is 0 Å². The maximum atomic E-state index is 13.9. The van der Waals surface area contributed by atoms with E-state index in [4.69, 9.17) is 9.94 Å². The SMILES string of the molecule is C=CCc1cc(C2=NC(C(=O)NO)CO2)cc(F)c1C. The van der Waals surface area contributed by atoms with Crippen molar-refractivity contribution in [2.24, 2.45) is 4.99 Å². The Balaban J connectivity index is 2.34. The molecule has 1 aliphatic heterocycles. The third-order valence-corrected chi connectivity index (χ3v) is 3.13. The van der Waals surface area contributed by atoms with Crippen LogP contribution >= 0.6 is 0 Å². The van der Waals surface area contributed by atoms with Crippen molar-refractivity contribution in [2.75, 3.05) is 6.61 Å². The van der Waals surface area contributed by atoms with Crippen LogP contribution in [0.25, 0.3) is 0 Å². The molecule has 5 nitrogen and oxygen atoms in total. The maximum absolute atomic E-state index is 13.9. The number of nitrogens with one attached hydrogen (secondary N) is 1. The van der Waals surface area contributed by atoms with Crippen LogP contribution in [0.15, 0.2) is 29.8 Å². The van der Waals surface area contributed by atoms with Gasteiger partial charge in [-0.25, -0.2) is 14.9 Å². The zero-order valence-corrected chi connectivity index (χ0v) is 11.0. The van der Waals surface area contributed by atoms with Crippen molar-refractivity contribution in [1.82, 2.24) is 5.48 Å². The van der Waals surface area contributed by atoms with E-state index in [1.54, 1.807) is 19.1 Å². The topological polar surface area (TPSA) is 70.9 Å². The molecule has 20 heavy (non-hydrogen) atoms.